The van der Waals surface area contributed by atoms with Crippen molar-refractivity contribution in [3.05, 3.63) is 47.5 Å². The lowest BCUT2D eigenvalue weighted by atomic mass is 10.0. The first-order valence-electron chi connectivity index (χ1n) is 10.5. The van der Waals surface area contributed by atoms with E-state index in [1.54, 1.807) is 11.9 Å². The van der Waals surface area contributed by atoms with Crippen LogP contribution in [0.3, 0.4) is 0 Å². The van der Waals surface area contributed by atoms with Crippen molar-refractivity contribution >= 4 is 17.3 Å². The molecule has 1 aliphatic heterocycles. The number of anilines is 2. The molecule has 1 amide bonds. The average Bonchev–Trinajstić information content (AvgIpc) is 2.76. The van der Waals surface area contributed by atoms with Gasteiger partial charge in [0.2, 0.25) is 0 Å². The van der Waals surface area contributed by atoms with Crippen LogP contribution in [-0.2, 0) is 11.0 Å². The molecule has 3 rings (SSSR count). The van der Waals surface area contributed by atoms with E-state index in [-0.39, 0.29) is 25.3 Å². The molecule has 36 heavy (non-hydrogen) atoms. The van der Waals surface area contributed by atoms with E-state index in [1.165, 1.54) is 4.90 Å². The summed E-state index contributed by atoms with van der Waals surface area (Å²) in [6, 6.07) is 3.34. The van der Waals surface area contributed by atoms with Crippen LogP contribution in [0.15, 0.2) is 30.3 Å². The fraction of sp³-hybridized carbons (Fsp3) is 0.409. The van der Waals surface area contributed by atoms with E-state index in [0.29, 0.717) is 11.0 Å². The SMILES string of the molecule is CN(C[C@H]1CN(c2c(N)ccc(Oc3ccc(F)cc3F)c2C(F)(F)F)CCN1C)C(=O)C(F)(F)F. The number of nitrogens with two attached hydrogens (primary N) is 1. The Labute approximate surface area is 200 Å². The number of benzene rings is 2. The number of nitrogen functional groups attached to an aromatic ring is 1. The van der Waals surface area contributed by atoms with Crippen LogP contribution in [0, 0.1) is 11.6 Å². The molecule has 1 heterocycles. The van der Waals surface area contributed by atoms with Crippen LogP contribution >= 0.6 is 0 Å². The number of carbonyl (C=O) groups is 1. The maximum atomic E-state index is 14.2. The highest BCUT2D eigenvalue weighted by Crippen LogP contribution is 2.47. The Kier molecular flexibility index (Phi) is 7.58. The number of alkyl halides is 6. The summed E-state index contributed by atoms with van der Waals surface area (Å²) in [7, 11) is 2.52. The van der Waals surface area contributed by atoms with Gasteiger partial charge in [-0.3, -0.25) is 9.69 Å². The maximum absolute atomic E-state index is 14.2. The zero-order valence-electron chi connectivity index (χ0n) is 19.1. The number of piperazine rings is 1. The summed E-state index contributed by atoms with van der Waals surface area (Å²) in [6.45, 7) is -0.449. The number of hydrogen-bond acceptors (Lipinski definition) is 5. The second kappa shape index (κ2) is 9.99. The number of nitrogens with zero attached hydrogens (tertiary/aromatic N) is 3. The first kappa shape index (κ1) is 27.3. The van der Waals surface area contributed by atoms with Gasteiger partial charge in [-0.15, -0.1) is 0 Å². The molecule has 1 saturated heterocycles. The molecule has 0 spiro atoms. The molecule has 0 aromatic heterocycles. The molecule has 1 aliphatic rings. The standard InChI is InChI=1S/C22H22F8N4O2/c1-32-7-8-34(11-13(32)10-33(2)20(35)22(28,29)30)19-15(31)4-6-17(18(19)21(25,26)27)36-16-5-3-12(23)9-14(16)24/h3-6,9,13H,7-8,10-11,31H2,1-2H3/t13-/m0/s1. The molecule has 2 N–H and O–H groups in total. The van der Waals surface area contributed by atoms with Crippen molar-refractivity contribution in [2.24, 2.45) is 0 Å². The predicted molar refractivity (Wildman–Crippen MR) is 115 cm³/mol. The van der Waals surface area contributed by atoms with Crippen molar-refractivity contribution < 1.29 is 44.7 Å². The van der Waals surface area contributed by atoms with Gasteiger partial charge in [0.15, 0.2) is 11.6 Å². The second-order valence-corrected chi connectivity index (χ2v) is 8.31. The number of halogens is 8. The first-order valence-corrected chi connectivity index (χ1v) is 10.5. The van der Waals surface area contributed by atoms with Crippen molar-refractivity contribution in [2.45, 2.75) is 18.4 Å². The lowest BCUT2D eigenvalue weighted by Gasteiger charge is -2.43. The minimum atomic E-state index is -5.10. The summed E-state index contributed by atoms with van der Waals surface area (Å²) in [6.07, 6.45) is -10.1. The van der Waals surface area contributed by atoms with E-state index in [9.17, 15) is 39.9 Å². The van der Waals surface area contributed by atoms with Crippen LogP contribution < -0.4 is 15.4 Å². The van der Waals surface area contributed by atoms with Crippen molar-refractivity contribution in [3.8, 4) is 11.5 Å². The Bertz CT molecular complexity index is 1120. The highest BCUT2D eigenvalue weighted by molar-refractivity contribution is 5.81. The minimum absolute atomic E-state index is 0.0194. The van der Waals surface area contributed by atoms with Gasteiger partial charge in [-0.2, -0.15) is 26.3 Å². The van der Waals surface area contributed by atoms with Crippen LogP contribution in [0.4, 0.5) is 46.5 Å². The molecule has 14 heteroatoms. The van der Waals surface area contributed by atoms with Gasteiger partial charge in [-0.1, -0.05) is 0 Å². The fourth-order valence-electron chi connectivity index (χ4n) is 3.93. The topological polar surface area (TPSA) is 62.0 Å². The van der Waals surface area contributed by atoms with Gasteiger partial charge in [0.25, 0.3) is 0 Å². The van der Waals surface area contributed by atoms with E-state index >= 15 is 0 Å². The van der Waals surface area contributed by atoms with Crippen molar-refractivity contribution in [1.82, 2.24) is 9.80 Å². The summed E-state index contributed by atoms with van der Waals surface area (Å²) in [5.41, 5.74) is 3.79. The van der Waals surface area contributed by atoms with E-state index in [4.69, 9.17) is 10.5 Å². The van der Waals surface area contributed by atoms with Crippen LogP contribution in [0.1, 0.15) is 5.56 Å². The first-order chi connectivity index (χ1) is 16.6. The Hall–Kier alpha value is -3.29. The predicted octanol–water partition coefficient (Wildman–Crippen LogP) is 4.50. The molecule has 0 saturated carbocycles. The number of likely N-dealkylation sites (N-methyl/N-ethyl adjacent to an activating group) is 2. The lowest BCUT2D eigenvalue weighted by molar-refractivity contribution is -0.184. The van der Waals surface area contributed by atoms with E-state index in [1.807, 2.05) is 0 Å². The molecule has 0 radical (unpaired) electrons. The molecule has 2 aromatic rings. The van der Waals surface area contributed by atoms with Gasteiger partial charge in [0.05, 0.1) is 11.4 Å². The second-order valence-electron chi connectivity index (χ2n) is 8.31. The lowest BCUT2D eigenvalue weighted by Crippen LogP contribution is -2.57. The fourth-order valence-corrected chi connectivity index (χ4v) is 3.93. The summed E-state index contributed by atoms with van der Waals surface area (Å²) in [4.78, 5) is 14.8. The highest BCUT2D eigenvalue weighted by atomic mass is 19.4. The van der Waals surface area contributed by atoms with Crippen LogP contribution in [0.2, 0.25) is 0 Å². The van der Waals surface area contributed by atoms with Crippen molar-refractivity contribution in [2.75, 3.05) is 50.9 Å². The summed E-state index contributed by atoms with van der Waals surface area (Å²) < 4.78 is 113. The van der Waals surface area contributed by atoms with E-state index in [0.717, 1.165) is 31.3 Å². The Morgan fingerprint density at radius 3 is 2.31 bits per heavy atom. The smallest absolute Gasteiger partial charge is 0.454 e. The summed E-state index contributed by atoms with van der Waals surface area (Å²) >= 11 is 0. The molecule has 6 nitrogen and oxygen atoms in total. The molecule has 2 aromatic carbocycles. The highest BCUT2D eigenvalue weighted by Gasteiger charge is 2.44. The number of rotatable bonds is 5. The average molecular weight is 526 g/mol. The molecule has 0 bridgehead atoms. The van der Waals surface area contributed by atoms with Gasteiger partial charge in [-0.25, -0.2) is 8.78 Å². The largest absolute Gasteiger partial charge is 0.471 e. The van der Waals surface area contributed by atoms with Crippen molar-refractivity contribution in [3.63, 3.8) is 0 Å². The Balaban J connectivity index is 1.98. The third-order valence-corrected chi connectivity index (χ3v) is 5.74. The van der Waals surface area contributed by atoms with Gasteiger partial charge in [0.1, 0.15) is 17.1 Å². The molecule has 1 atom stereocenters. The van der Waals surface area contributed by atoms with Crippen LogP contribution in [0.5, 0.6) is 11.5 Å². The monoisotopic (exact) mass is 526 g/mol. The summed E-state index contributed by atoms with van der Waals surface area (Å²) in [5, 5.41) is 0. The number of ether oxygens (including phenoxy) is 1. The zero-order valence-corrected chi connectivity index (χ0v) is 19.1. The third-order valence-electron chi connectivity index (χ3n) is 5.74. The molecule has 198 valence electrons. The molecule has 0 unspecified atom stereocenters. The Morgan fingerprint density at radius 2 is 1.72 bits per heavy atom. The van der Waals surface area contributed by atoms with Gasteiger partial charge in [-0.05, 0) is 31.3 Å². The molecular formula is C22H22F8N4O2. The molecule has 1 fully saturated rings. The Morgan fingerprint density at radius 1 is 1.08 bits per heavy atom. The van der Waals surface area contributed by atoms with E-state index in [2.05, 4.69) is 0 Å². The van der Waals surface area contributed by atoms with Gasteiger partial charge >= 0.3 is 18.3 Å². The van der Waals surface area contributed by atoms with Crippen LogP contribution in [0.25, 0.3) is 0 Å². The van der Waals surface area contributed by atoms with Crippen molar-refractivity contribution in [1.29, 1.82) is 0 Å². The normalized spacial score (nSPS) is 17.3. The van der Waals surface area contributed by atoms with Gasteiger partial charge < -0.3 is 20.3 Å². The minimum Gasteiger partial charge on any atom is -0.454 e. The van der Waals surface area contributed by atoms with Crippen LogP contribution in [-0.4, -0.2) is 68.2 Å². The van der Waals surface area contributed by atoms with Gasteiger partial charge in [0, 0.05) is 45.3 Å². The van der Waals surface area contributed by atoms with E-state index < -0.39 is 65.2 Å². The summed E-state index contributed by atoms with van der Waals surface area (Å²) in [5.74, 6) is -5.71. The molecular weight excluding hydrogens is 504 g/mol. The maximum Gasteiger partial charge on any atom is 0.471 e. The third kappa shape index (κ3) is 5.91. The molecule has 0 aliphatic carbocycles. The number of amides is 1. The zero-order chi connectivity index (χ0) is 27.0. The number of carbonyl (C=O) groups excluding carboxylic acids is 1. The quantitative estimate of drug-likeness (QED) is 0.460. The number of hydrogen-bond donors (Lipinski definition) is 1.